The Balaban J connectivity index is 1.13. The van der Waals surface area contributed by atoms with Gasteiger partial charge in [-0.05, 0) is 91.2 Å². The van der Waals surface area contributed by atoms with Crippen LogP contribution in [0.4, 0.5) is 0 Å². The molecule has 9 aromatic carbocycles. The van der Waals surface area contributed by atoms with Crippen LogP contribution in [-0.2, 0) is 6.42 Å². The largest absolute Gasteiger partial charge is 0.455 e. The highest BCUT2D eigenvalue weighted by Crippen LogP contribution is 2.51. The van der Waals surface area contributed by atoms with Gasteiger partial charge in [0, 0.05) is 32.8 Å². The van der Waals surface area contributed by atoms with Crippen molar-refractivity contribution in [2.24, 2.45) is 0 Å². The number of rotatable bonds is 5. The van der Waals surface area contributed by atoms with E-state index in [0.717, 1.165) is 66.6 Å². The van der Waals surface area contributed by atoms with Crippen molar-refractivity contribution >= 4 is 54.3 Å². The van der Waals surface area contributed by atoms with E-state index in [9.17, 15) is 0 Å². The number of nitrogens with zero attached hydrogens (tertiary/aromatic N) is 3. The van der Waals surface area contributed by atoms with Crippen molar-refractivity contribution in [3.63, 3.8) is 0 Å². The molecule has 1 aliphatic rings. The molecular weight excluding hydrogens is 719 g/mol. The van der Waals surface area contributed by atoms with E-state index in [2.05, 4.69) is 171 Å². The molecule has 2 heterocycles. The summed E-state index contributed by atoms with van der Waals surface area (Å²) in [6.45, 7) is 2.40. The first-order valence-corrected chi connectivity index (χ1v) is 20.4. The van der Waals surface area contributed by atoms with Gasteiger partial charge in [0.1, 0.15) is 11.2 Å². The molecule has 4 heteroatoms. The summed E-state index contributed by atoms with van der Waals surface area (Å²) in [7, 11) is 0. The van der Waals surface area contributed by atoms with Gasteiger partial charge in [-0.2, -0.15) is 0 Å². The summed E-state index contributed by atoms with van der Waals surface area (Å²) < 4.78 is 6.85. The number of aromatic nitrogens is 3. The van der Waals surface area contributed by atoms with Crippen molar-refractivity contribution in [1.29, 1.82) is 0 Å². The molecule has 11 aromatic rings. The van der Waals surface area contributed by atoms with E-state index in [1.807, 2.05) is 18.2 Å². The van der Waals surface area contributed by atoms with Crippen LogP contribution in [0.3, 0.4) is 0 Å². The summed E-state index contributed by atoms with van der Waals surface area (Å²) >= 11 is 0. The average molecular weight is 756 g/mol. The molecule has 0 aliphatic heterocycles. The van der Waals surface area contributed by atoms with E-state index in [1.54, 1.807) is 0 Å². The van der Waals surface area contributed by atoms with Crippen LogP contribution in [-0.4, -0.2) is 15.0 Å². The summed E-state index contributed by atoms with van der Waals surface area (Å²) in [6.07, 6.45) is 0.784. The predicted octanol–water partition coefficient (Wildman–Crippen LogP) is 14.3. The quantitative estimate of drug-likeness (QED) is 0.176. The van der Waals surface area contributed by atoms with Crippen LogP contribution in [0.1, 0.15) is 35.4 Å². The zero-order valence-electron chi connectivity index (χ0n) is 32.4. The number of fused-ring (bicyclic) bond motifs is 10. The van der Waals surface area contributed by atoms with E-state index in [4.69, 9.17) is 19.4 Å². The van der Waals surface area contributed by atoms with E-state index in [1.165, 1.54) is 38.6 Å². The Hall–Kier alpha value is -7.43. The Morgan fingerprint density at radius 1 is 0.458 bits per heavy atom. The fourth-order valence-corrected chi connectivity index (χ4v) is 9.75. The molecular formula is C55H37N3O. The molecule has 1 aliphatic carbocycles. The highest BCUT2D eigenvalue weighted by Gasteiger charge is 2.33. The molecule has 0 saturated carbocycles. The molecule has 0 amide bonds. The summed E-state index contributed by atoms with van der Waals surface area (Å²) in [6, 6.07) is 64.9. The van der Waals surface area contributed by atoms with Gasteiger partial charge in [0.25, 0.3) is 0 Å². The summed E-state index contributed by atoms with van der Waals surface area (Å²) in [5, 5.41) is 9.09. The molecule has 12 rings (SSSR count). The maximum atomic E-state index is 6.85. The van der Waals surface area contributed by atoms with Gasteiger partial charge in [-0.1, -0.05) is 171 Å². The van der Waals surface area contributed by atoms with Crippen molar-refractivity contribution in [2.45, 2.75) is 25.2 Å². The van der Waals surface area contributed by atoms with Crippen LogP contribution in [0.15, 0.2) is 186 Å². The SMILES string of the molecule is CC1c2cc3ccccc3cc2-c2ccccc2C1Cc1ccc2oc3c4ccccc4ccc3c2c1-c1nc(-c2ccccc2)nc(-c2cccc3ccccc23)n1. The maximum Gasteiger partial charge on any atom is 0.165 e. The van der Waals surface area contributed by atoms with Gasteiger partial charge in [-0.15, -0.1) is 0 Å². The molecule has 0 spiro atoms. The van der Waals surface area contributed by atoms with Crippen LogP contribution in [0, 0.1) is 0 Å². The minimum absolute atomic E-state index is 0.197. The fraction of sp³-hybridized carbons (Fsp3) is 0.0727. The van der Waals surface area contributed by atoms with Gasteiger partial charge in [-0.25, -0.2) is 15.0 Å². The first kappa shape index (κ1) is 33.7. The Bertz CT molecular complexity index is 3450. The number of benzene rings is 9. The highest BCUT2D eigenvalue weighted by molar-refractivity contribution is 6.19. The number of hydrogen-bond donors (Lipinski definition) is 0. The van der Waals surface area contributed by atoms with E-state index >= 15 is 0 Å². The fourth-order valence-electron chi connectivity index (χ4n) is 9.75. The second kappa shape index (κ2) is 13.3. The smallest absolute Gasteiger partial charge is 0.165 e. The summed E-state index contributed by atoms with van der Waals surface area (Å²) in [4.78, 5) is 16.1. The topological polar surface area (TPSA) is 51.8 Å². The molecule has 0 bridgehead atoms. The normalized spacial score (nSPS) is 14.9. The molecule has 2 atom stereocenters. The zero-order valence-corrected chi connectivity index (χ0v) is 32.4. The van der Waals surface area contributed by atoms with Gasteiger partial charge < -0.3 is 4.42 Å². The lowest BCUT2D eigenvalue weighted by Crippen LogP contribution is -2.18. The van der Waals surface area contributed by atoms with E-state index in [0.29, 0.717) is 17.5 Å². The molecule has 2 aromatic heterocycles. The third kappa shape index (κ3) is 5.40. The van der Waals surface area contributed by atoms with Gasteiger partial charge in [0.05, 0.1) is 0 Å². The molecule has 0 N–H and O–H groups in total. The molecule has 278 valence electrons. The molecule has 59 heavy (non-hydrogen) atoms. The van der Waals surface area contributed by atoms with E-state index in [-0.39, 0.29) is 11.8 Å². The van der Waals surface area contributed by atoms with Crippen molar-refractivity contribution in [1.82, 2.24) is 15.0 Å². The highest BCUT2D eigenvalue weighted by atomic mass is 16.3. The Morgan fingerprint density at radius 2 is 1.10 bits per heavy atom. The van der Waals surface area contributed by atoms with Crippen LogP contribution >= 0.6 is 0 Å². The Kier molecular flexibility index (Phi) is 7.61. The maximum absolute atomic E-state index is 6.85. The standard InChI is InChI=1S/C55H37N3O/c1-33-46(42-23-11-12-24-43(42)48-31-38-19-6-5-18-37(38)30-47(33)48)32-39-27-29-49-51(45-28-26-35-15-8-10-22-41(35)52(45)59-49)50(39)55-57-53(36-16-3-2-4-17-36)56-54(58-55)44-25-13-20-34-14-7-9-21-40(34)44/h2-31,33,46H,32H2,1H3. The van der Waals surface area contributed by atoms with Crippen LogP contribution < -0.4 is 0 Å². The van der Waals surface area contributed by atoms with Crippen molar-refractivity contribution in [2.75, 3.05) is 0 Å². The van der Waals surface area contributed by atoms with Crippen molar-refractivity contribution in [3.8, 4) is 45.3 Å². The lowest BCUT2D eigenvalue weighted by molar-refractivity contribution is 0.567. The number of hydrogen-bond acceptors (Lipinski definition) is 4. The second-order valence-corrected chi connectivity index (χ2v) is 15.9. The summed E-state index contributed by atoms with van der Waals surface area (Å²) in [5.74, 6) is 2.37. The zero-order chi connectivity index (χ0) is 39.0. The minimum atomic E-state index is 0.197. The molecule has 4 nitrogen and oxygen atoms in total. The van der Waals surface area contributed by atoms with Gasteiger partial charge >= 0.3 is 0 Å². The van der Waals surface area contributed by atoms with Crippen molar-refractivity contribution < 1.29 is 4.42 Å². The van der Waals surface area contributed by atoms with Crippen LogP contribution in [0.25, 0.3) is 99.5 Å². The molecule has 0 radical (unpaired) electrons. The first-order valence-electron chi connectivity index (χ1n) is 20.4. The van der Waals surface area contributed by atoms with Crippen molar-refractivity contribution in [3.05, 3.63) is 199 Å². The molecule has 0 fully saturated rings. The summed E-state index contributed by atoms with van der Waals surface area (Å²) in [5.41, 5.74) is 11.2. The minimum Gasteiger partial charge on any atom is -0.455 e. The Labute approximate surface area is 341 Å². The average Bonchev–Trinajstić information content (AvgIpc) is 3.69. The van der Waals surface area contributed by atoms with Gasteiger partial charge in [-0.3, -0.25) is 0 Å². The third-order valence-electron chi connectivity index (χ3n) is 12.6. The first-order chi connectivity index (χ1) is 29.2. The monoisotopic (exact) mass is 755 g/mol. The van der Waals surface area contributed by atoms with E-state index < -0.39 is 0 Å². The number of furan rings is 1. The van der Waals surface area contributed by atoms with Crippen LogP contribution in [0.2, 0.25) is 0 Å². The van der Waals surface area contributed by atoms with Gasteiger partial charge in [0.15, 0.2) is 17.5 Å². The second-order valence-electron chi connectivity index (χ2n) is 15.9. The lowest BCUT2D eigenvalue weighted by Gasteiger charge is -2.34. The third-order valence-corrected chi connectivity index (χ3v) is 12.6. The van der Waals surface area contributed by atoms with Crippen LogP contribution in [0.5, 0.6) is 0 Å². The van der Waals surface area contributed by atoms with Gasteiger partial charge in [0.2, 0.25) is 0 Å². The molecule has 0 saturated heterocycles. The predicted molar refractivity (Wildman–Crippen MR) is 243 cm³/mol. The lowest BCUT2D eigenvalue weighted by atomic mass is 9.69. The Morgan fingerprint density at radius 3 is 1.95 bits per heavy atom. The molecule has 2 unspecified atom stereocenters.